The molecule has 1 amide bonds. The third kappa shape index (κ3) is 2.88. The Morgan fingerprint density at radius 2 is 1.90 bits per heavy atom. The van der Waals surface area contributed by atoms with Crippen LogP contribution in [0.1, 0.15) is 12.5 Å². The first-order valence-corrected chi connectivity index (χ1v) is 7.44. The van der Waals surface area contributed by atoms with Crippen molar-refractivity contribution in [1.29, 1.82) is 0 Å². The minimum absolute atomic E-state index is 0.00553. The first-order chi connectivity index (χ1) is 10.1. The Morgan fingerprint density at radius 3 is 2.67 bits per heavy atom. The molecule has 1 N–H and O–H groups in total. The zero-order chi connectivity index (χ0) is 14.8. The van der Waals surface area contributed by atoms with E-state index in [-0.39, 0.29) is 11.9 Å². The minimum atomic E-state index is -0.204. The van der Waals surface area contributed by atoms with Crippen LogP contribution in [0.4, 0.5) is 11.4 Å². The standard InChI is InChI=1S/C17H17ClN2O/c1-12(17(21)19-15-8-6-14(18)7-9-15)20-11-10-13-4-2-3-5-16(13)20/h2-9,12H,10-11H2,1H3,(H,19,21). The number of rotatable bonds is 3. The molecular weight excluding hydrogens is 284 g/mol. The predicted octanol–water partition coefficient (Wildman–Crippen LogP) is 3.73. The van der Waals surface area contributed by atoms with Crippen molar-refractivity contribution in [3.05, 3.63) is 59.1 Å². The maximum absolute atomic E-state index is 12.4. The number of para-hydroxylation sites is 1. The minimum Gasteiger partial charge on any atom is -0.359 e. The van der Waals surface area contributed by atoms with Gasteiger partial charge in [0.2, 0.25) is 5.91 Å². The van der Waals surface area contributed by atoms with Gasteiger partial charge in [0.1, 0.15) is 6.04 Å². The van der Waals surface area contributed by atoms with E-state index in [1.165, 1.54) is 5.56 Å². The van der Waals surface area contributed by atoms with E-state index in [0.717, 1.165) is 24.3 Å². The van der Waals surface area contributed by atoms with Crippen molar-refractivity contribution < 1.29 is 4.79 Å². The van der Waals surface area contributed by atoms with Crippen molar-refractivity contribution in [2.75, 3.05) is 16.8 Å². The van der Waals surface area contributed by atoms with Crippen LogP contribution in [-0.4, -0.2) is 18.5 Å². The lowest BCUT2D eigenvalue weighted by Gasteiger charge is -2.26. The van der Waals surface area contributed by atoms with Crippen LogP contribution < -0.4 is 10.2 Å². The molecule has 3 nitrogen and oxygen atoms in total. The van der Waals surface area contributed by atoms with Gasteiger partial charge >= 0.3 is 0 Å². The molecule has 0 aromatic heterocycles. The first-order valence-electron chi connectivity index (χ1n) is 7.06. The molecule has 0 fully saturated rings. The van der Waals surface area contributed by atoms with Crippen LogP contribution >= 0.6 is 11.6 Å². The molecule has 0 saturated carbocycles. The fraction of sp³-hybridized carbons (Fsp3) is 0.235. The number of halogens is 1. The summed E-state index contributed by atoms with van der Waals surface area (Å²) in [6.45, 7) is 2.82. The summed E-state index contributed by atoms with van der Waals surface area (Å²) in [5.74, 6) is -0.00553. The van der Waals surface area contributed by atoms with Gasteiger partial charge < -0.3 is 10.2 Å². The highest BCUT2D eigenvalue weighted by Gasteiger charge is 2.27. The summed E-state index contributed by atoms with van der Waals surface area (Å²) < 4.78 is 0. The van der Waals surface area contributed by atoms with Gasteiger partial charge in [-0.3, -0.25) is 4.79 Å². The molecular formula is C17H17ClN2O. The molecule has 0 radical (unpaired) electrons. The number of anilines is 2. The smallest absolute Gasteiger partial charge is 0.246 e. The van der Waals surface area contributed by atoms with Gasteiger partial charge in [0.25, 0.3) is 0 Å². The van der Waals surface area contributed by atoms with Crippen LogP contribution in [0.25, 0.3) is 0 Å². The lowest BCUT2D eigenvalue weighted by Crippen LogP contribution is -2.41. The normalized spacial score (nSPS) is 14.7. The maximum Gasteiger partial charge on any atom is 0.246 e. The van der Waals surface area contributed by atoms with Crippen LogP contribution in [0.15, 0.2) is 48.5 Å². The largest absolute Gasteiger partial charge is 0.359 e. The second-order valence-electron chi connectivity index (χ2n) is 5.24. The summed E-state index contributed by atoms with van der Waals surface area (Å²) >= 11 is 5.85. The molecule has 0 bridgehead atoms. The summed E-state index contributed by atoms with van der Waals surface area (Å²) in [4.78, 5) is 14.6. The Labute approximate surface area is 129 Å². The number of nitrogens with one attached hydrogen (secondary N) is 1. The van der Waals surface area contributed by atoms with Gasteiger partial charge in [-0.15, -0.1) is 0 Å². The lowest BCUT2D eigenvalue weighted by molar-refractivity contribution is -0.117. The number of amides is 1. The molecule has 1 heterocycles. The summed E-state index contributed by atoms with van der Waals surface area (Å²) in [5, 5.41) is 3.60. The number of hydrogen-bond acceptors (Lipinski definition) is 2. The Balaban J connectivity index is 1.72. The molecule has 0 aliphatic carbocycles. The Hall–Kier alpha value is -2.00. The van der Waals surface area contributed by atoms with Crippen LogP contribution in [0.5, 0.6) is 0 Å². The summed E-state index contributed by atoms with van der Waals surface area (Å²) in [7, 11) is 0. The fourth-order valence-corrected chi connectivity index (χ4v) is 2.81. The van der Waals surface area contributed by atoms with Crippen LogP contribution in [0, 0.1) is 0 Å². The van der Waals surface area contributed by atoms with E-state index in [9.17, 15) is 4.79 Å². The number of benzene rings is 2. The van der Waals surface area contributed by atoms with Crippen molar-refractivity contribution in [3.63, 3.8) is 0 Å². The van der Waals surface area contributed by atoms with Gasteiger partial charge in [-0.05, 0) is 49.2 Å². The maximum atomic E-state index is 12.4. The summed E-state index contributed by atoms with van der Waals surface area (Å²) in [6, 6.07) is 15.2. The van der Waals surface area contributed by atoms with Crippen LogP contribution in [0.3, 0.4) is 0 Å². The van der Waals surface area contributed by atoms with E-state index < -0.39 is 0 Å². The molecule has 4 heteroatoms. The number of carbonyl (C=O) groups excluding carboxylic acids is 1. The van der Waals surface area contributed by atoms with Crippen LogP contribution in [0.2, 0.25) is 5.02 Å². The average Bonchev–Trinajstić information content (AvgIpc) is 2.92. The van der Waals surface area contributed by atoms with E-state index >= 15 is 0 Å². The van der Waals surface area contributed by atoms with Gasteiger partial charge in [0.15, 0.2) is 0 Å². The topological polar surface area (TPSA) is 32.3 Å². The molecule has 21 heavy (non-hydrogen) atoms. The summed E-state index contributed by atoms with van der Waals surface area (Å²) in [6.07, 6.45) is 0.995. The van der Waals surface area contributed by atoms with Crippen LogP contribution in [-0.2, 0) is 11.2 Å². The third-order valence-electron chi connectivity index (χ3n) is 3.88. The van der Waals surface area contributed by atoms with E-state index in [2.05, 4.69) is 22.3 Å². The Kier molecular flexibility index (Phi) is 3.84. The SMILES string of the molecule is CC(C(=O)Nc1ccc(Cl)cc1)N1CCc2ccccc21. The number of hydrogen-bond donors (Lipinski definition) is 1. The second kappa shape index (κ2) is 5.78. The first kappa shape index (κ1) is 14.0. The third-order valence-corrected chi connectivity index (χ3v) is 4.13. The van der Waals surface area contributed by atoms with Crippen molar-refractivity contribution >= 4 is 28.9 Å². The number of nitrogens with zero attached hydrogens (tertiary/aromatic N) is 1. The zero-order valence-corrected chi connectivity index (χ0v) is 12.6. The molecule has 1 aliphatic rings. The molecule has 0 saturated heterocycles. The van der Waals surface area contributed by atoms with E-state index in [1.807, 2.05) is 31.2 Å². The molecule has 0 spiro atoms. The summed E-state index contributed by atoms with van der Waals surface area (Å²) in [5.41, 5.74) is 3.24. The van der Waals surface area contributed by atoms with Gasteiger partial charge in [-0.2, -0.15) is 0 Å². The average molecular weight is 301 g/mol. The van der Waals surface area contributed by atoms with Crippen molar-refractivity contribution in [3.8, 4) is 0 Å². The molecule has 1 atom stereocenters. The number of fused-ring (bicyclic) bond motifs is 1. The lowest BCUT2D eigenvalue weighted by atomic mass is 10.1. The van der Waals surface area contributed by atoms with Crippen molar-refractivity contribution in [2.45, 2.75) is 19.4 Å². The van der Waals surface area contributed by atoms with E-state index in [0.29, 0.717) is 5.02 Å². The Bertz CT molecular complexity index is 654. The quantitative estimate of drug-likeness (QED) is 0.937. The second-order valence-corrected chi connectivity index (χ2v) is 5.68. The molecule has 2 aromatic carbocycles. The highest BCUT2D eigenvalue weighted by atomic mass is 35.5. The van der Waals surface area contributed by atoms with Gasteiger partial charge in [0, 0.05) is 22.9 Å². The fourth-order valence-electron chi connectivity index (χ4n) is 2.69. The highest BCUT2D eigenvalue weighted by Crippen LogP contribution is 2.29. The highest BCUT2D eigenvalue weighted by molar-refractivity contribution is 6.30. The van der Waals surface area contributed by atoms with Gasteiger partial charge in [-0.1, -0.05) is 29.8 Å². The predicted molar refractivity (Wildman–Crippen MR) is 87.0 cm³/mol. The van der Waals surface area contributed by atoms with Gasteiger partial charge in [-0.25, -0.2) is 0 Å². The van der Waals surface area contributed by atoms with E-state index in [4.69, 9.17) is 11.6 Å². The molecule has 3 rings (SSSR count). The van der Waals surface area contributed by atoms with Crippen molar-refractivity contribution in [2.24, 2.45) is 0 Å². The molecule has 108 valence electrons. The number of carbonyl (C=O) groups is 1. The Morgan fingerprint density at radius 1 is 1.19 bits per heavy atom. The molecule has 1 aliphatic heterocycles. The monoisotopic (exact) mass is 300 g/mol. The molecule has 1 unspecified atom stereocenters. The van der Waals surface area contributed by atoms with Crippen molar-refractivity contribution in [1.82, 2.24) is 0 Å². The van der Waals surface area contributed by atoms with Gasteiger partial charge in [0.05, 0.1) is 0 Å². The molecule has 2 aromatic rings. The zero-order valence-electron chi connectivity index (χ0n) is 11.8. The van der Waals surface area contributed by atoms with E-state index in [1.54, 1.807) is 12.1 Å².